The van der Waals surface area contributed by atoms with Crippen LogP contribution in [-0.2, 0) is 15.9 Å². The molecule has 0 aliphatic carbocycles. The van der Waals surface area contributed by atoms with Crippen molar-refractivity contribution in [2.45, 2.75) is 44.3 Å². The lowest BCUT2D eigenvalue weighted by Gasteiger charge is -2.37. The maximum Gasteiger partial charge on any atom is 0.269 e. The molecule has 1 aromatic carbocycles. The Morgan fingerprint density at radius 1 is 1.25 bits per heavy atom. The molecule has 1 N–H and O–H groups in total. The first-order valence-electron chi connectivity index (χ1n) is 10.1. The average molecular weight is 390 g/mol. The number of aryl methyl sites for hydroxylation is 1. The Bertz CT molecular complexity index is 659. The molecule has 2 unspecified atom stereocenters. The van der Waals surface area contributed by atoms with Crippen molar-refractivity contribution in [2.24, 2.45) is 4.99 Å². The van der Waals surface area contributed by atoms with Crippen LogP contribution in [0.1, 0.15) is 31.2 Å². The second kappa shape index (κ2) is 10.4. The first kappa shape index (κ1) is 20.5. The maximum absolute atomic E-state index is 10.7. The molecule has 2 heterocycles. The van der Waals surface area contributed by atoms with Crippen LogP contribution in [0.3, 0.4) is 0 Å². The Hall–Kier alpha value is -2.19. The summed E-state index contributed by atoms with van der Waals surface area (Å²) in [5.74, 6) is 0.918. The monoisotopic (exact) mass is 390 g/mol. The quantitative estimate of drug-likeness (QED) is 0.253. The highest BCUT2D eigenvalue weighted by Crippen LogP contribution is 2.21. The van der Waals surface area contributed by atoms with E-state index in [2.05, 4.69) is 15.2 Å². The van der Waals surface area contributed by atoms with Crippen molar-refractivity contribution in [2.75, 3.05) is 39.9 Å². The van der Waals surface area contributed by atoms with Gasteiger partial charge in [-0.3, -0.25) is 15.1 Å². The number of aliphatic imine (C=N–C) groups is 1. The number of hydrogen-bond donors (Lipinski definition) is 1. The molecule has 2 saturated heterocycles. The molecule has 2 atom stereocenters. The molecule has 154 valence electrons. The van der Waals surface area contributed by atoms with Gasteiger partial charge in [0, 0.05) is 45.4 Å². The van der Waals surface area contributed by atoms with E-state index in [1.165, 1.54) is 0 Å². The largest absolute Gasteiger partial charge is 0.375 e. The van der Waals surface area contributed by atoms with Gasteiger partial charge in [-0.1, -0.05) is 12.1 Å². The van der Waals surface area contributed by atoms with E-state index in [-0.39, 0.29) is 22.8 Å². The molecular weight excluding hydrogens is 360 g/mol. The lowest BCUT2D eigenvalue weighted by Crippen LogP contribution is -2.53. The standard InChI is InChI=1S/C20H30N4O4/c1-21-20(23-12-14-28-19(15-23)18-6-4-13-27-18)22-11-3-2-5-16-7-9-17(10-8-16)24(25)26/h7-10,18-19H,2-6,11-15H2,1H3,(H,21,22). The van der Waals surface area contributed by atoms with Gasteiger partial charge in [0.25, 0.3) is 5.69 Å². The van der Waals surface area contributed by atoms with Crippen LogP contribution in [0.25, 0.3) is 0 Å². The minimum Gasteiger partial charge on any atom is -0.375 e. The first-order chi connectivity index (χ1) is 13.7. The number of nitro groups is 1. The molecule has 2 aliphatic rings. The molecule has 0 radical (unpaired) electrons. The number of guanidine groups is 1. The number of hydrogen-bond acceptors (Lipinski definition) is 5. The number of unbranched alkanes of at least 4 members (excludes halogenated alkanes) is 1. The van der Waals surface area contributed by atoms with Gasteiger partial charge in [0.2, 0.25) is 0 Å². The number of non-ortho nitro benzene ring substituents is 1. The molecule has 2 aliphatic heterocycles. The predicted octanol–water partition coefficient (Wildman–Crippen LogP) is 2.37. The molecule has 0 amide bonds. The number of benzene rings is 1. The maximum atomic E-state index is 10.7. The smallest absolute Gasteiger partial charge is 0.269 e. The summed E-state index contributed by atoms with van der Waals surface area (Å²) in [7, 11) is 1.82. The summed E-state index contributed by atoms with van der Waals surface area (Å²) < 4.78 is 11.7. The van der Waals surface area contributed by atoms with Crippen LogP contribution in [0, 0.1) is 10.1 Å². The van der Waals surface area contributed by atoms with Gasteiger partial charge < -0.3 is 19.7 Å². The molecule has 2 fully saturated rings. The highest BCUT2D eigenvalue weighted by molar-refractivity contribution is 5.80. The fraction of sp³-hybridized carbons (Fsp3) is 0.650. The Morgan fingerprint density at radius 2 is 2.04 bits per heavy atom. The van der Waals surface area contributed by atoms with Crippen LogP contribution < -0.4 is 5.32 Å². The molecule has 0 spiro atoms. The summed E-state index contributed by atoms with van der Waals surface area (Å²) in [6.45, 7) is 4.04. The second-order valence-corrected chi connectivity index (χ2v) is 7.26. The predicted molar refractivity (Wildman–Crippen MR) is 108 cm³/mol. The molecule has 0 saturated carbocycles. The Balaban J connectivity index is 1.37. The fourth-order valence-electron chi connectivity index (χ4n) is 3.76. The summed E-state index contributed by atoms with van der Waals surface area (Å²) in [5, 5.41) is 14.1. The van der Waals surface area contributed by atoms with E-state index in [0.717, 1.165) is 69.9 Å². The number of ether oxygens (including phenoxy) is 2. The zero-order valence-electron chi connectivity index (χ0n) is 16.5. The highest BCUT2D eigenvalue weighted by atomic mass is 16.6. The molecule has 0 aromatic heterocycles. The number of nitrogens with one attached hydrogen (secondary N) is 1. The molecule has 0 bridgehead atoms. The van der Waals surface area contributed by atoms with Crippen molar-refractivity contribution in [3.63, 3.8) is 0 Å². The Labute approximate surface area is 166 Å². The summed E-state index contributed by atoms with van der Waals surface area (Å²) in [5.41, 5.74) is 1.27. The molecular formula is C20H30N4O4. The number of morpholine rings is 1. The van der Waals surface area contributed by atoms with Gasteiger partial charge in [0.15, 0.2) is 5.96 Å². The van der Waals surface area contributed by atoms with E-state index < -0.39 is 0 Å². The van der Waals surface area contributed by atoms with Crippen LogP contribution in [-0.4, -0.2) is 67.9 Å². The average Bonchev–Trinajstić information content (AvgIpc) is 3.26. The van der Waals surface area contributed by atoms with Gasteiger partial charge in [-0.15, -0.1) is 0 Å². The molecule has 8 heteroatoms. The van der Waals surface area contributed by atoms with Gasteiger partial charge in [-0.25, -0.2) is 0 Å². The third kappa shape index (κ3) is 5.65. The number of rotatable bonds is 7. The summed E-state index contributed by atoms with van der Waals surface area (Å²) in [4.78, 5) is 17.0. The number of nitro benzene ring substituents is 1. The zero-order valence-corrected chi connectivity index (χ0v) is 16.5. The molecule has 8 nitrogen and oxygen atoms in total. The summed E-state index contributed by atoms with van der Waals surface area (Å²) in [6.07, 6.45) is 5.47. The van der Waals surface area contributed by atoms with Crippen molar-refractivity contribution in [3.8, 4) is 0 Å². The van der Waals surface area contributed by atoms with Crippen LogP contribution in [0.2, 0.25) is 0 Å². The highest BCUT2D eigenvalue weighted by Gasteiger charge is 2.32. The van der Waals surface area contributed by atoms with Gasteiger partial charge in [-0.05, 0) is 37.7 Å². The van der Waals surface area contributed by atoms with E-state index >= 15 is 0 Å². The van der Waals surface area contributed by atoms with E-state index in [0.29, 0.717) is 6.61 Å². The summed E-state index contributed by atoms with van der Waals surface area (Å²) in [6, 6.07) is 6.81. The van der Waals surface area contributed by atoms with Crippen molar-refractivity contribution in [3.05, 3.63) is 39.9 Å². The molecule has 28 heavy (non-hydrogen) atoms. The van der Waals surface area contributed by atoms with E-state index in [1.807, 2.05) is 19.2 Å². The summed E-state index contributed by atoms with van der Waals surface area (Å²) >= 11 is 0. The van der Waals surface area contributed by atoms with E-state index in [4.69, 9.17) is 9.47 Å². The Kier molecular flexibility index (Phi) is 7.62. The van der Waals surface area contributed by atoms with E-state index in [9.17, 15) is 10.1 Å². The first-order valence-corrected chi connectivity index (χ1v) is 10.1. The fourth-order valence-corrected chi connectivity index (χ4v) is 3.76. The Morgan fingerprint density at radius 3 is 2.71 bits per heavy atom. The van der Waals surface area contributed by atoms with Crippen molar-refractivity contribution < 1.29 is 14.4 Å². The second-order valence-electron chi connectivity index (χ2n) is 7.26. The topological polar surface area (TPSA) is 89.2 Å². The van der Waals surface area contributed by atoms with Gasteiger partial charge in [0.1, 0.15) is 6.10 Å². The third-order valence-electron chi connectivity index (χ3n) is 5.31. The van der Waals surface area contributed by atoms with Gasteiger partial charge in [-0.2, -0.15) is 0 Å². The van der Waals surface area contributed by atoms with Crippen molar-refractivity contribution in [1.29, 1.82) is 0 Å². The van der Waals surface area contributed by atoms with Gasteiger partial charge >= 0.3 is 0 Å². The minimum absolute atomic E-state index is 0.122. The van der Waals surface area contributed by atoms with Crippen LogP contribution in [0.5, 0.6) is 0 Å². The van der Waals surface area contributed by atoms with E-state index in [1.54, 1.807) is 12.1 Å². The van der Waals surface area contributed by atoms with Crippen LogP contribution >= 0.6 is 0 Å². The van der Waals surface area contributed by atoms with Crippen molar-refractivity contribution in [1.82, 2.24) is 10.2 Å². The normalized spacial score (nSPS) is 23.0. The lowest BCUT2D eigenvalue weighted by molar-refractivity contribution is -0.384. The third-order valence-corrected chi connectivity index (χ3v) is 5.31. The minimum atomic E-state index is -0.367. The lowest BCUT2D eigenvalue weighted by atomic mass is 10.1. The van der Waals surface area contributed by atoms with Crippen molar-refractivity contribution >= 4 is 11.6 Å². The van der Waals surface area contributed by atoms with Gasteiger partial charge in [0.05, 0.1) is 17.6 Å². The SMILES string of the molecule is CN=C(NCCCCc1ccc([N+](=O)[O-])cc1)N1CCOC(C2CCCO2)C1. The zero-order chi connectivity index (χ0) is 19.8. The van der Waals surface area contributed by atoms with Crippen LogP contribution in [0.15, 0.2) is 29.3 Å². The van der Waals surface area contributed by atoms with Crippen LogP contribution in [0.4, 0.5) is 5.69 Å². The molecule has 3 rings (SSSR count). The number of nitrogens with zero attached hydrogens (tertiary/aromatic N) is 3. The molecule has 1 aromatic rings.